The number of carbonyl (C=O) groups is 1. The summed E-state index contributed by atoms with van der Waals surface area (Å²) < 4.78 is 80.1. The number of aromatic nitrogens is 2. The fraction of sp³-hybridized carbons (Fsp3) is 0.0833. The molecule has 4 aromatic rings. The Morgan fingerprint density at radius 1 is 0.714 bits per heavy atom. The van der Waals surface area contributed by atoms with E-state index < -0.39 is 35.2 Å². The van der Waals surface area contributed by atoms with Gasteiger partial charge in [-0.25, -0.2) is 9.48 Å². The van der Waals surface area contributed by atoms with Gasteiger partial charge >= 0.3 is 18.4 Å². The van der Waals surface area contributed by atoms with Crippen molar-refractivity contribution in [2.75, 3.05) is 10.6 Å². The van der Waals surface area contributed by atoms with Crippen LogP contribution in [0.3, 0.4) is 0 Å². The van der Waals surface area contributed by atoms with Crippen molar-refractivity contribution in [3.63, 3.8) is 0 Å². The van der Waals surface area contributed by atoms with E-state index in [0.717, 1.165) is 5.56 Å². The first kappa shape index (κ1) is 23.9. The van der Waals surface area contributed by atoms with E-state index in [-0.39, 0.29) is 11.9 Å². The number of benzene rings is 3. The van der Waals surface area contributed by atoms with Gasteiger partial charge in [0.2, 0.25) is 0 Å². The molecule has 0 unspecified atom stereocenters. The van der Waals surface area contributed by atoms with Crippen molar-refractivity contribution in [1.82, 2.24) is 9.78 Å². The summed E-state index contributed by atoms with van der Waals surface area (Å²) in [6, 6.07) is 19.0. The molecule has 3 aromatic carbocycles. The number of alkyl halides is 6. The Labute approximate surface area is 195 Å². The molecule has 0 saturated carbocycles. The van der Waals surface area contributed by atoms with Gasteiger partial charge in [-0.3, -0.25) is 5.32 Å². The van der Waals surface area contributed by atoms with Crippen LogP contribution in [0.4, 0.5) is 42.6 Å². The van der Waals surface area contributed by atoms with Gasteiger partial charge in [-0.2, -0.15) is 31.4 Å². The van der Waals surface area contributed by atoms with E-state index in [1.54, 1.807) is 54.6 Å². The van der Waals surface area contributed by atoms with Crippen molar-refractivity contribution < 1.29 is 31.1 Å². The molecule has 2 amide bonds. The summed E-state index contributed by atoms with van der Waals surface area (Å²) in [5.74, 6) is 0.149. The van der Waals surface area contributed by atoms with Gasteiger partial charge in [-0.1, -0.05) is 48.5 Å². The third-order valence-corrected chi connectivity index (χ3v) is 4.87. The van der Waals surface area contributed by atoms with Crippen molar-refractivity contribution >= 4 is 17.5 Å². The average Bonchev–Trinajstić information content (AvgIpc) is 3.22. The second-order valence-corrected chi connectivity index (χ2v) is 7.40. The fourth-order valence-electron chi connectivity index (χ4n) is 3.29. The molecule has 180 valence electrons. The fourth-order valence-corrected chi connectivity index (χ4v) is 3.29. The van der Waals surface area contributed by atoms with Gasteiger partial charge in [0.25, 0.3) is 0 Å². The molecule has 0 fully saturated rings. The Balaban J connectivity index is 1.66. The van der Waals surface area contributed by atoms with E-state index >= 15 is 0 Å². The third-order valence-electron chi connectivity index (χ3n) is 4.87. The van der Waals surface area contributed by atoms with Crippen molar-refractivity contribution in [3.05, 3.63) is 96.1 Å². The van der Waals surface area contributed by atoms with Gasteiger partial charge in [0.05, 0.1) is 22.5 Å². The van der Waals surface area contributed by atoms with Gasteiger partial charge in [-0.05, 0) is 30.3 Å². The van der Waals surface area contributed by atoms with Crippen LogP contribution in [0.25, 0.3) is 16.9 Å². The summed E-state index contributed by atoms with van der Waals surface area (Å²) in [5.41, 5.74) is -1.95. The van der Waals surface area contributed by atoms with E-state index in [1.165, 1.54) is 10.7 Å². The van der Waals surface area contributed by atoms with Crippen LogP contribution >= 0.6 is 0 Å². The molecule has 0 aliphatic carbocycles. The van der Waals surface area contributed by atoms with E-state index in [0.29, 0.717) is 23.5 Å². The third kappa shape index (κ3) is 5.62. The molecule has 1 heterocycles. The lowest BCUT2D eigenvalue weighted by Crippen LogP contribution is -2.22. The van der Waals surface area contributed by atoms with Crippen LogP contribution in [-0.2, 0) is 12.4 Å². The lowest BCUT2D eigenvalue weighted by molar-refractivity contribution is -0.143. The van der Waals surface area contributed by atoms with Crippen LogP contribution in [0.5, 0.6) is 0 Å². The van der Waals surface area contributed by atoms with Crippen molar-refractivity contribution in [2.24, 2.45) is 0 Å². The number of halogens is 6. The van der Waals surface area contributed by atoms with Crippen LogP contribution in [-0.4, -0.2) is 15.8 Å². The van der Waals surface area contributed by atoms with Crippen LogP contribution in [0.15, 0.2) is 84.9 Å². The number of hydrogen-bond donors (Lipinski definition) is 2. The highest BCUT2D eigenvalue weighted by Gasteiger charge is 2.37. The number of amides is 2. The molecule has 0 aliphatic heterocycles. The van der Waals surface area contributed by atoms with Crippen LogP contribution in [0, 0.1) is 0 Å². The van der Waals surface area contributed by atoms with Crippen LogP contribution in [0.2, 0.25) is 0 Å². The number of anilines is 2. The highest BCUT2D eigenvalue weighted by Crippen LogP contribution is 2.37. The normalized spacial score (nSPS) is 11.8. The largest absolute Gasteiger partial charge is 0.416 e. The second kappa shape index (κ2) is 9.16. The number of carbonyl (C=O) groups excluding carboxylic acids is 1. The quantitative estimate of drug-likeness (QED) is 0.297. The SMILES string of the molecule is O=C(Nc1cc(C(F)(F)F)cc(C(F)(F)F)c1)Nc1cc(-c2ccccc2)nn1-c1ccccc1. The second-order valence-electron chi connectivity index (χ2n) is 7.40. The Kier molecular flexibility index (Phi) is 6.25. The molecule has 11 heteroatoms. The number of para-hydroxylation sites is 1. The number of urea groups is 1. The van der Waals surface area contributed by atoms with Gasteiger partial charge in [-0.15, -0.1) is 0 Å². The first-order valence-electron chi connectivity index (χ1n) is 10.1. The van der Waals surface area contributed by atoms with Crippen molar-refractivity contribution in [3.8, 4) is 16.9 Å². The summed E-state index contributed by atoms with van der Waals surface area (Å²) >= 11 is 0. The van der Waals surface area contributed by atoms with Gasteiger partial charge < -0.3 is 5.32 Å². The Morgan fingerprint density at radius 3 is 1.80 bits per heavy atom. The molecule has 5 nitrogen and oxygen atoms in total. The highest BCUT2D eigenvalue weighted by molar-refractivity contribution is 5.99. The van der Waals surface area contributed by atoms with Gasteiger partial charge in [0.1, 0.15) is 5.82 Å². The predicted octanol–water partition coefficient (Wildman–Crippen LogP) is 7.22. The zero-order valence-corrected chi connectivity index (χ0v) is 17.7. The zero-order chi connectivity index (χ0) is 25.2. The summed E-state index contributed by atoms with van der Waals surface area (Å²) in [7, 11) is 0. The number of nitrogens with zero attached hydrogens (tertiary/aromatic N) is 2. The molecule has 0 saturated heterocycles. The lowest BCUT2D eigenvalue weighted by atomic mass is 10.1. The van der Waals surface area contributed by atoms with Crippen molar-refractivity contribution in [2.45, 2.75) is 12.4 Å². The summed E-state index contributed by atoms with van der Waals surface area (Å²) in [6.07, 6.45) is -10.1. The molecule has 4 rings (SSSR count). The summed E-state index contributed by atoms with van der Waals surface area (Å²) in [5, 5.41) is 8.98. The minimum absolute atomic E-state index is 0.0142. The Hall–Kier alpha value is -4.28. The van der Waals surface area contributed by atoms with Gasteiger partial charge in [0.15, 0.2) is 0 Å². The first-order chi connectivity index (χ1) is 16.5. The monoisotopic (exact) mass is 490 g/mol. The average molecular weight is 490 g/mol. The molecule has 0 spiro atoms. The van der Waals surface area contributed by atoms with Gasteiger partial charge in [0, 0.05) is 17.3 Å². The highest BCUT2D eigenvalue weighted by atomic mass is 19.4. The van der Waals surface area contributed by atoms with Crippen LogP contribution in [0.1, 0.15) is 11.1 Å². The smallest absolute Gasteiger partial charge is 0.308 e. The maximum atomic E-state index is 13.1. The predicted molar refractivity (Wildman–Crippen MR) is 118 cm³/mol. The molecular weight excluding hydrogens is 474 g/mol. The van der Waals surface area contributed by atoms with E-state index in [1.807, 2.05) is 6.07 Å². The van der Waals surface area contributed by atoms with Crippen molar-refractivity contribution in [1.29, 1.82) is 0 Å². The minimum atomic E-state index is -5.04. The van der Waals surface area contributed by atoms with E-state index in [4.69, 9.17) is 0 Å². The molecule has 35 heavy (non-hydrogen) atoms. The topological polar surface area (TPSA) is 59.0 Å². The number of hydrogen-bond acceptors (Lipinski definition) is 2. The standard InChI is InChI=1S/C24H16F6N4O/c25-23(26,27)16-11-17(24(28,29)30)13-18(12-16)31-22(35)32-21-14-20(15-7-3-1-4-8-15)33-34(21)19-9-5-2-6-10-19/h1-14H,(H2,31,32,35). The molecular formula is C24H16F6N4O. The van der Waals surface area contributed by atoms with E-state index in [2.05, 4.69) is 15.7 Å². The number of rotatable bonds is 4. The minimum Gasteiger partial charge on any atom is -0.308 e. The summed E-state index contributed by atoms with van der Waals surface area (Å²) in [6.45, 7) is 0. The lowest BCUT2D eigenvalue weighted by Gasteiger charge is -2.15. The van der Waals surface area contributed by atoms with E-state index in [9.17, 15) is 31.1 Å². The number of nitrogens with one attached hydrogen (secondary N) is 2. The maximum absolute atomic E-state index is 13.1. The van der Waals surface area contributed by atoms with Crippen LogP contribution < -0.4 is 10.6 Å². The molecule has 1 aromatic heterocycles. The molecule has 2 N–H and O–H groups in total. The first-order valence-corrected chi connectivity index (χ1v) is 10.1. The molecule has 0 bridgehead atoms. The zero-order valence-electron chi connectivity index (χ0n) is 17.7. The molecule has 0 atom stereocenters. The molecule has 0 radical (unpaired) electrons. The maximum Gasteiger partial charge on any atom is 0.416 e. The summed E-state index contributed by atoms with van der Waals surface area (Å²) in [4.78, 5) is 12.6. The Morgan fingerprint density at radius 2 is 1.26 bits per heavy atom. The molecule has 0 aliphatic rings. The Bertz CT molecular complexity index is 1300.